The van der Waals surface area contributed by atoms with Crippen molar-refractivity contribution in [2.75, 3.05) is 11.9 Å². The van der Waals surface area contributed by atoms with Crippen molar-refractivity contribution in [2.45, 2.75) is 32.2 Å². The Labute approximate surface area is 166 Å². The summed E-state index contributed by atoms with van der Waals surface area (Å²) in [4.78, 5) is 13.2. The summed E-state index contributed by atoms with van der Waals surface area (Å²) in [5.41, 5.74) is 2.73. The van der Waals surface area contributed by atoms with Crippen molar-refractivity contribution in [3.63, 3.8) is 0 Å². The first-order chi connectivity index (χ1) is 12.9. The first kappa shape index (κ1) is 18.3. The van der Waals surface area contributed by atoms with Gasteiger partial charge in [-0.25, -0.2) is 4.39 Å². The van der Waals surface area contributed by atoms with Crippen LogP contribution in [0.2, 0.25) is 5.02 Å². The zero-order valence-electron chi connectivity index (χ0n) is 15.1. The minimum atomic E-state index is -0.210. The summed E-state index contributed by atoms with van der Waals surface area (Å²) >= 11 is 7.45. The predicted octanol–water partition coefficient (Wildman–Crippen LogP) is 5.72. The van der Waals surface area contributed by atoms with E-state index in [0.717, 1.165) is 27.6 Å². The van der Waals surface area contributed by atoms with Crippen LogP contribution in [0.5, 0.6) is 0 Å². The molecule has 0 spiro atoms. The lowest BCUT2D eigenvalue weighted by molar-refractivity contribution is 0.0956. The SMILES string of the molecule is Cc1ccc(F)c2c1C(CCNC(=O)c1cc3ccc(Cl)cc3s1)C(C)N2. The van der Waals surface area contributed by atoms with E-state index in [-0.39, 0.29) is 23.7 Å². The lowest BCUT2D eigenvalue weighted by Gasteiger charge is -2.17. The minimum Gasteiger partial charge on any atom is -0.379 e. The molecule has 0 saturated heterocycles. The van der Waals surface area contributed by atoms with E-state index in [1.807, 2.05) is 37.3 Å². The number of carbonyl (C=O) groups is 1. The zero-order valence-corrected chi connectivity index (χ0v) is 16.7. The fourth-order valence-electron chi connectivity index (χ4n) is 3.84. The van der Waals surface area contributed by atoms with E-state index in [4.69, 9.17) is 11.6 Å². The zero-order chi connectivity index (χ0) is 19.1. The number of hydrogen-bond acceptors (Lipinski definition) is 3. The van der Waals surface area contributed by atoms with Crippen LogP contribution in [0, 0.1) is 12.7 Å². The predicted molar refractivity (Wildman–Crippen MR) is 111 cm³/mol. The van der Waals surface area contributed by atoms with E-state index in [0.29, 0.717) is 22.1 Å². The summed E-state index contributed by atoms with van der Waals surface area (Å²) < 4.78 is 15.1. The average molecular weight is 403 g/mol. The molecular formula is C21H20ClFN2OS. The van der Waals surface area contributed by atoms with E-state index in [9.17, 15) is 9.18 Å². The minimum absolute atomic E-state index is 0.0814. The van der Waals surface area contributed by atoms with Crippen LogP contribution in [0.3, 0.4) is 0 Å². The summed E-state index contributed by atoms with van der Waals surface area (Å²) in [6.07, 6.45) is 0.758. The summed E-state index contributed by atoms with van der Waals surface area (Å²) in [5.74, 6) is -0.114. The fourth-order valence-corrected chi connectivity index (χ4v) is 5.09. The monoisotopic (exact) mass is 402 g/mol. The quantitative estimate of drug-likeness (QED) is 0.586. The first-order valence-corrected chi connectivity index (χ1v) is 10.2. The van der Waals surface area contributed by atoms with Crippen LogP contribution in [-0.4, -0.2) is 18.5 Å². The molecule has 3 nitrogen and oxygen atoms in total. The highest BCUT2D eigenvalue weighted by Crippen LogP contribution is 2.41. The second-order valence-electron chi connectivity index (χ2n) is 7.03. The standard InChI is InChI=1S/C21H20ClFN2OS/c1-11-3-6-16(23)20-19(11)15(12(2)25-20)7-8-24-21(26)18-9-13-4-5-14(22)10-17(13)27-18/h3-6,9-10,12,15,25H,7-8H2,1-2H3,(H,24,26). The Morgan fingerprint density at radius 2 is 2.11 bits per heavy atom. The van der Waals surface area contributed by atoms with Crippen LogP contribution >= 0.6 is 22.9 Å². The van der Waals surface area contributed by atoms with Crippen molar-refractivity contribution < 1.29 is 9.18 Å². The van der Waals surface area contributed by atoms with Crippen molar-refractivity contribution in [1.82, 2.24) is 5.32 Å². The van der Waals surface area contributed by atoms with Gasteiger partial charge in [0.25, 0.3) is 5.91 Å². The van der Waals surface area contributed by atoms with E-state index in [1.54, 1.807) is 0 Å². The third kappa shape index (κ3) is 3.42. The largest absolute Gasteiger partial charge is 0.379 e. The molecular weight excluding hydrogens is 383 g/mol. The molecule has 0 aliphatic carbocycles. The second-order valence-corrected chi connectivity index (χ2v) is 8.55. The Morgan fingerprint density at radius 1 is 1.30 bits per heavy atom. The van der Waals surface area contributed by atoms with Crippen LogP contribution in [0.15, 0.2) is 36.4 Å². The Morgan fingerprint density at radius 3 is 2.93 bits per heavy atom. The molecule has 1 amide bonds. The van der Waals surface area contributed by atoms with Gasteiger partial charge in [-0.15, -0.1) is 11.3 Å². The normalized spacial score (nSPS) is 18.4. The van der Waals surface area contributed by atoms with Crippen molar-refractivity contribution in [3.05, 3.63) is 63.2 Å². The first-order valence-electron chi connectivity index (χ1n) is 8.97. The highest BCUT2D eigenvalue weighted by Gasteiger charge is 2.32. The second kappa shape index (κ2) is 7.13. The molecule has 27 heavy (non-hydrogen) atoms. The van der Waals surface area contributed by atoms with Crippen molar-refractivity contribution in [1.29, 1.82) is 0 Å². The summed E-state index contributed by atoms with van der Waals surface area (Å²) in [6, 6.07) is 11.0. The molecule has 1 aliphatic heterocycles. The van der Waals surface area contributed by atoms with E-state index in [2.05, 4.69) is 17.6 Å². The molecule has 0 radical (unpaired) electrons. The molecule has 0 saturated carbocycles. The van der Waals surface area contributed by atoms with Gasteiger partial charge in [0, 0.05) is 28.2 Å². The van der Waals surface area contributed by atoms with Gasteiger partial charge in [0.1, 0.15) is 5.82 Å². The van der Waals surface area contributed by atoms with Crippen LogP contribution in [0.4, 0.5) is 10.1 Å². The van der Waals surface area contributed by atoms with Gasteiger partial charge in [0.05, 0.1) is 10.6 Å². The third-order valence-electron chi connectivity index (χ3n) is 5.21. The van der Waals surface area contributed by atoms with Crippen LogP contribution in [0.1, 0.15) is 40.1 Å². The average Bonchev–Trinajstić information content (AvgIpc) is 3.20. The lowest BCUT2D eigenvalue weighted by atomic mass is 9.89. The molecule has 2 heterocycles. The van der Waals surface area contributed by atoms with Gasteiger partial charge in [-0.2, -0.15) is 0 Å². The van der Waals surface area contributed by atoms with Crippen LogP contribution in [0.25, 0.3) is 10.1 Å². The summed E-state index contributed by atoms with van der Waals surface area (Å²) in [7, 11) is 0. The lowest BCUT2D eigenvalue weighted by Crippen LogP contribution is -2.27. The molecule has 2 N–H and O–H groups in total. The fraction of sp³-hybridized carbons (Fsp3) is 0.286. The molecule has 2 unspecified atom stereocenters. The van der Waals surface area contributed by atoms with Gasteiger partial charge in [0.2, 0.25) is 0 Å². The molecule has 1 aliphatic rings. The Balaban J connectivity index is 1.44. The topological polar surface area (TPSA) is 41.1 Å². The summed E-state index contributed by atoms with van der Waals surface area (Å²) in [5, 5.41) is 7.94. The number of hydrogen-bond donors (Lipinski definition) is 2. The number of halogens is 2. The summed E-state index contributed by atoms with van der Waals surface area (Å²) in [6.45, 7) is 4.60. The van der Waals surface area contributed by atoms with Crippen molar-refractivity contribution >= 4 is 44.6 Å². The Bertz CT molecular complexity index is 1030. The van der Waals surface area contributed by atoms with E-state index < -0.39 is 0 Å². The molecule has 4 rings (SSSR count). The van der Waals surface area contributed by atoms with Crippen molar-refractivity contribution in [3.8, 4) is 0 Å². The number of carbonyl (C=O) groups excluding carboxylic acids is 1. The third-order valence-corrected chi connectivity index (χ3v) is 6.54. The maximum absolute atomic E-state index is 14.1. The number of aryl methyl sites for hydroxylation is 1. The van der Waals surface area contributed by atoms with Gasteiger partial charge >= 0.3 is 0 Å². The number of benzene rings is 2. The molecule has 2 aromatic carbocycles. The van der Waals surface area contributed by atoms with Crippen LogP contribution in [-0.2, 0) is 0 Å². The maximum Gasteiger partial charge on any atom is 0.261 e. The number of thiophene rings is 1. The molecule has 3 aromatic rings. The van der Waals surface area contributed by atoms with E-state index in [1.165, 1.54) is 17.4 Å². The number of fused-ring (bicyclic) bond motifs is 2. The highest BCUT2D eigenvalue weighted by molar-refractivity contribution is 7.20. The smallest absolute Gasteiger partial charge is 0.261 e. The molecule has 2 atom stereocenters. The van der Waals surface area contributed by atoms with Gasteiger partial charge < -0.3 is 10.6 Å². The molecule has 0 bridgehead atoms. The molecule has 1 aromatic heterocycles. The number of amides is 1. The molecule has 140 valence electrons. The highest BCUT2D eigenvalue weighted by atomic mass is 35.5. The van der Waals surface area contributed by atoms with E-state index >= 15 is 0 Å². The van der Waals surface area contributed by atoms with Crippen LogP contribution < -0.4 is 10.6 Å². The number of anilines is 1. The Kier molecular flexibility index (Phi) is 4.82. The number of rotatable bonds is 4. The van der Waals surface area contributed by atoms with Gasteiger partial charge in [-0.1, -0.05) is 23.7 Å². The Hall–Kier alpha value is -2.11. The van der Waals surface area contributed by atoms with Crippen molar-refractivity contribution in [2.24, 2.45) is 0 Å². The molecule has 0 fully saturated rings. The molecule has 6 heteroatoms. The maximum atomic E-state index is 14.1. The number of nitrogens with one attached hydrogen (secondary N) is 2. The van der Waals surface area contributed by atoms with Gasteiger partial charge in [0.15, 0.2) is 0 Å². The van der Waals surface area contributed by atoms with Gasteiger partial charge in [-0.3, -0.25) is 4.79 Å². The van der Waals surface area contributed by atoms with Gasteiger partial charge in [-0.05, 0) is 61.0 Å².